The molecule has 1 amide bonds. The lowest BCUT2D eigenvalue weighted by molar-refractivity contribution is -0.115. The summed E-state index contributed by atoms with van der Waals surface area (Å²) >= 11 is 0. The summed E-state index contributed by atoms with van der Waals surface area (Å²) in [4.78, 5) is 16.7. The summed E-state index contributed by atoms with van der Waals surface area (Å²) in [7, 11) is 0. The van der Waals surface area contributed by atoms with Crippen molar-refractivity contribution in [3.63, 3.8) is 0 Å². The number of hydrogen-bond donors (Lipinski definition) is 1. The van der Waals surface area contributed by atoms with Gasteiger partial charge in [-0.15, -0.1) is 0 Å². The fourth-order valence-electron chi connectivity index (χ4n) is 3.50. The van der Waals surface area contributed by atoms with Gasteiger partial charge < -0.3 is 14.0 Å². The van der Waals surface area contributed by atoms with E-state index >= 15 is 0 Å². The highest BCUT2D eigenvalue weighted by atomic mass is 16.6. The molecule has 2 aromatic carbocycles. The smallest absolute Gasteiger partial charge is 0.239 e. The summed E-state index contributed by atoms with van der Waals surface area (Å²) in [6.07, 6.45) is 3.60. The van der Waals surface area contributed by atoms with Crippen LogP contribution >= 0.6 is 0 Å². The molecule has 0 spiro atoms. The van der Waals surface area contributed by atoms with Gasteiger partial charge in [-0.3, -0.25) is 15.1 Å². The maximum Gasteiger partial charge on any atom is 0.239 e. The minimum atomic E-state index is -0.189. The Hall–Kier alpha value is -4.13. The van der Waals surface area contributed by atoms with Crippen molar-refractivity contribution in [2.45, 2.75) is 6.42 Å². The number of hydrogen-bond acceptors (Lipinski definition) is 6. The summed E-state index contributed by atoms with van der Waals surface area (Å²) < 4.78 is 16.9. The van der Waals surface area contributed by atoms with Gasteiger partial charge >= 0.3 is 0 Å². The van der Waals surface area contributed by atoms with Crippen molar-refractivity contribution in [3.05, 3.63) is 78.6 Å². The zero-order valence-corrected chi connectivity index (χ0v) is 16.6. The van der Waals surface area contributed by atoms with Gasteiger partial charge in [0.2, 0.25) is 11.8 Å². The fraction of sp³-hybridized carbons (Fsp3) is 0.125. The minimum Gasteiger partial charge on any atom is -0.486 e. The number of carbonyl (C=O) groups excluding carboxylic acids is 1. The normalized spacial score (nSPS) is 12.4. The van der Waals surface area contributed by atoms with Crippen molar-refractivity contribution < 1.29 is 18.8 Å². The Morgan fingerprint density at radius 3 is 2.48 bits per heavy atom. The first-order valence-corrected chi connectivity index (χ1v) is 9.92. The van der Waals surface area contributed by atoms with Crippen molar-refractivity contribution in [1.29, 1.82) is 0 Å². The number of benzene rings is 2. The van der Waals surface area contributed by atoms with E-state index in [0.717, 1.165) is 16.7 Å². The first-order chi connectivity index (χ1) is 15.3. The molecule has 1 aliphatic heterocycles. The molecule has 0 saturated heterocycles. The Balaban J connectivity index is 1.51. The molecule has 0 aliphatic carbocycles. The second-order valence-corrected chi connectivity index (χ2v) is 7.04. The van der Waals surface area contributed by atoms with E-state index in [0.29, 0.717) is 36.0 Å². The molecule has 0 unspecified atom stereocenters. The molecule has 4 aromatic rings. The van der Waals surface area contributed by atoms with Crippen LogP contribution in [0.3, 0.4) is 0 Å². The molecule has 7 heteroatoms. The Morgan fingerprint density at radius 2 is 1.68 bits per heavy atom. The highest BCUT2D eigenvalue weighted by molar-refractivity contribution is 5.98. The third-order valence-electron chi connectivity index (χ3n) is 4.94. The van der Waals surface area contributed by atoms with Crippen LogP contribution in [0.5, 0.6) is 11.5 Å². The summed E-state index contributed by atoms with van der Waals surface area (Å²) in [5.41, 5.74) is 3.82. The van der Waals surface area contributed by atoms with E-state index < -0.39 is 0 Å². The van der Waals surface area contributed by atoms with E-state index in [1.165, 1.54) is 0 Å². The molecule has 1 N–H and O–H groups in total. The van der Waals surface area contributed by atoms with Crippen LogP contribution in [-0.4, -0.2) is 29.3 Å². The van der Waals surface area contributed by atoms with Crippen LogP contribution in [0.15, 0.2) is 77.6 Å². The second kappa shape index (κ2) is 8.31. The highest BCUT2D eigenvalue weighted by Crippen LogP contribution is 2.41. The van der Waals surface area contributed by atoms with Crippen LogP contribution in [0.2, 0.25) is 0 Å². The van der Waals surface area contributed by atoms with Gasteiger partial charge in [0, 0.05) is 18.0 Å². The van der Waals surface area contributed by atoms with Crippen molar-refractivity contribution >= 4 is 11.8 Å². The fourth-order valence-corrected chi connectivity index (χ4v) is 3.50. The second-order valence-electron chi connectivity index (χ2n) is 7.04. The number of nitrogens with zero attached hydrogens (tertiary/aromatic N) is 2. The molecule has 31 heavy (non-hydrogen) atoms. The average Bonchev–Trinajstić information content (AvgIpc) is 3.23. The van der Waals surface area contributed by atoms with E-state index in [2.05, 4.69) is 15.5 Å². The lowest BCUT2D eigenvalue weighted by atomic mass is 10.0. The van der Waals surface area contributed by atoms with Crippen molar-refractivity contribution in [3.8, 4) is 33.9 Å². The number of nitrogens with one attached hydrogen (secondary N) is 1. The SMILES string of the molecule is O=C(Cc1ccccc1)Nc1onc(-c2ccc3c(c2)OCCO3)c1-c1ccncc1. The molecule has 3 heterocycles. The standard InChI is InChI=1S/C24H19N3O4/c28-21(14-16-4-2-1-3-5-16)26-24-22(17-8-10-25-11-9-17)23(27-31-24)18-6-7-19-20(15-18)30-13-12-29-19/h1-11,15H,12-14H2,(H,26,28). The minimum absolute atomic E-state index is 0.189. The van der Waals surface area contributed by atoms with Crippen LogP contribution < -0.4 is 14.8 Å². The van der Waals surface area contributed by atoms with Crippen molar-refractivity contribution in [2.24, 2.45) is 0 Å². The van der Waals surface area contributed by atoms with Gasteiger partial charge in [0.25, 0.3) is 0 Å². The van der Waals surface area contributed by atoms with Gasteiger partial charge in [-0.2, -0.15) is 0 Å². The number of fused-ring (bicyclic) bond motifs is 1. The molecule has 0 atom stereocenters. The van der Waals surface area contributed by atoms with Gasteiger partial charge in [-0.1, -0.05) is 35.5 Å². The predicted octanol–water partition coefficient (Wildman–Crippen LogP) is 4.36. The Labute approximate surface area is 178 Å². The maximum atomic E-state index is 12.7. The number of rotatable bonds is 5. The molecule has 154 valence electrons. The van der Waals surface area contributed by atoms with Gasteiger partial charge in [0.1, 0.15) is 18.9 Å². The predicted molar refractivity (Wildman–Crippen MR) is 115 cm³/mol. The summed E-state index contributed by atoms with van der Waals surface area (Å²) in [6.45, 7) is 1.02. The van der Waals surface area contributed by atoms with Gasteiger partial charge in [-0.05, 0) is 41.5 Å². The van der Waals surface area contributed by atoms with Crippen molar-refractivity contribution in [1.82, 2.24) is 10.1 Å². The first-order valence-electron chi connectivity index (χ1n) is 9.92. The molecular formula is C24H19N3O4. The summed E-state index contributed by atoms with van der Waals surface area (Å²) in [5, 5.41) is 7.13. The Morgan fingerprint density at radius 1 is 0.903 bits per heavy atom. The Bertz CT molecular complexity index is 1210. The summed E-state index contributed by atoms with van der Waals surface area (Å²) in [5.74, 6) is 1.45. The lowest BCUT2D eigenvalue weighted by Crippen LogP contribution is -2.15. The largest absolute Gasteiger partial charge is 0.486 e. The van der Waals surface area contributed by atoms with E-state index in [-0.39, 0.29) is 18.2 Å². The maximum absolute atomic E-state index is 12.7. The third kappa shape index (κ3) is 3.98. The molecular weight excluding hydrogens is 394 g/mol. The van der Waals surface area contributed by atoms with E-state index in [1.807, 2.05) is 60.7 Å². The molecule has 2 aromatic heterocycles. The molecule has 0 saturated carbocycles. The first kappa shape index (κ1) is 18.9. The number of amides is 1. The van der Waals surface area contributed by atoms with Crippen LogP contribution in [0.1, 0.15) is 5.56 Å². The van der Waals surface area contributed by atoms with Crippen LogP contribution in [0, 0.1) is 0 Å². The monoisotopic (exact) mass is 413 g/mol. The highest BCUT2D eigenvalue weighted by Gasteiger charge is 2.23. The van der Waals surface area contributed by atoms with E-state index in [4.69, 9.17) is 14.0 Å². The Kier molecular flexibility index (Phi) is 5.06. The van der Waals surface area contributed by atoms with E-state index in [1.54, 1.807) is 12.4 Å². The lowest BCUT2D eigenvalue weighted by Gasteiger charge is -2.18. The van der Waals surface area contributed by atoms with Crippen LogP contribution in [0.4, 0.5) is 5.88 Å². The molecule has 0 radical (unpaired) electrons. The summed E-state index contributed by atoms with van der Waals surface area (Å²) in [6, 6.07) is 18.8. The molecule has 5 rings (SSSR count). The molecule has 0 bridgehead atoms. The van der Waals surface area contributed by atoms with Gasteiger partial charge in [0.05, 0.1) is 12.0 Å². The van der Waals surface area contributed by atoms with Gasteiger partial charge in [0.15, 0.2) is 11.5 Å². The van der Waals surface area contributed by atoms with E-state index in [9.17, 15) is 4.79 Å². The number of aromatic nitrogens is 2. The number of pyridine rings is 1. The topological polar surface area (TPSA) is 86.5 Å². The third-order valence-corrected chi connectivity index (χ3v) is 4.94. The van der Waals surface area contributed by atoms with Crippen LogP contribution in [-0.2, 0) is 11.2 Å². The van der Waals surface area contributed by atoms with Gasteiger partial charge in [-0.25, -0.2) is 0 Å². The molecule has 0 fully saturated rings. The quantitative estimate of drug-likeness (QED) is 0.523. The van der Waals surface area contributed by atoms with Crippen molar-refractivity contribution in [2.75, 3.05) is 18.5 Å². The number of carbonyl (C=O) groups is 1. The molecule has 7 nitrogen and oxygen atoms in total. The number of anilines is 1. The molecule has 1 aliphatic rings. The zero-order chi connectivity index (χ0) is 21.0. The average molecular weight is 413 g/mol. The van der Waals surface area contributed by atoms with Crippen LogP contribution in [0.25, 0.3) is 22.4 Å². The number of ether oxygens (including phenoxy) is 2. The zero-order valence-electron chi connectivity index (χ0n) is 16.6.